The summed E-state index contributed by atoms with van der Waals surface area (Å²) in [5.41, 5.74) is 0.597. The monoisotopic (exact) mass is 565 g/mol. The Morgan fingerprint density at radius 2 is 1.71 bits per heavy atom. The molecular formula is C31H39N3O7. The Bertz CT molecular complexity index is 1260. The average Bonchev–Trinajstić information content (AvgIpc) is 2.93. The Hall–Kier alpha value is -4.52. The van der Waals surface area contributed by atoms with Crippen molar-refractivity contribution in [3.63, 3.8) is 0 Å². The van der Waals surface area contributed by atoms with Crippen molar-refractivity contribution in [2.24, 2.45) is 0 Å². The van der Waals surface area contributed by atoms with E-state index in [0.29, 0.717) is 23.1 Å². The molecule has 0 radical (unpaired) electrons. The molecule has 2 rings (SSSR count). The van der Waals surface area contributed by atoms with Crippen LogP contribution in [-0.4, -0.2) is 65.2 Å². The highest BCUT2D eigenvalue weighted by molar-refractivity contribution is 5.94. The molecule has 41 heavy (non-hydrogen) atoms. The van der Waals surface area contributed by atoms with Gasteiger partial charge in [-0.1, -0.05) is 43.2 Å². The highest BCUT2D eigenvalue weighted by Gasteiger charge is 2.39. The van der Waals surface area contributed by atoms with Crippen LogP contribution in [0.5, 0.6) is 5.75 Å². The lowest BCUT2D eigenvalue weighted by atomic mass is 9.95. The van der Waals surface area contributed by atoms with Crippen LogP contribution in [-0.2, 0) is 30.3 Å². The normalized spacial score (nSPS) is 13.1. The fourth-order valence-corrected chi connectivity index (χ4v) is 4.11. The number of terminal acetylenes is 1. The highest BCUT2D eigenvalue weighted by Crippen LogP contribution is 2.29. The van der Waals surface area contributed by atoms with Gasteiger partial charge in [0.05, 0.1) is 7.11 Å². The number of ether oxygens (including phenoxy) is 2. The summed E-state index contributed by atoms with van der Waals surface area (Å²) < 4.78 is 10.1. The number of nitrogens with zero attached hydrogens (tertiary/aromatic N) is 1. The van der Waals surface area contributed by atoms with E-state index < -0.39 is 54.1 Å². The van der Waals surface area contributed by atoms with Gasteiger partial charge in [0.1, 0.15) is 30.0 Å². The number of aromatic hydroxyl groups is 1. The van der Waals surface area contributed by atoms with E-state index in [-0.39, 0.29) is 12.2 Å². The fraction of sp³-hybridized carbons (Fsp3) is 0.419. The summed E-state index contributed by atoms with van der Waals surface area (Å²) in [6.45, 7) is 8.33. The van der Waals surface area contributed by atoms with Crippen molar-refractivity contribution in [1.29, 1.82) is 0 Å². The third-order valence-corrected chi connectivity index (χ3v) is 6.26. The fourth-order valence-electron chi connectivity index (χ4n) is 4.11. The standard InChI is InChI=1S/C31H39N3O7/c1-8-20(3)34(27(28(37)32-19-26(36)40-7)24-13-11-10-12-22(24)9-2)29(38)25(33-30(39)41-31(4,5)6)18-21-14-16-23(35)17-15-21/h2,10-17,20,25,27,35H,8,18-19H2,1,3-7H3,(H,32,37)(H,33,39). The number of hydrogen-bond acceptors (Lipinski definition) is 7. The number of phenolic OH excluding ortho intramolecular Hbond substituents is 1. The van der Waals surface area contributed by atoms with E-state index in [1.165, 1.54) is 24.1 Å². The van der Waals surface area contributed by atoms with Crippen molar-refractivity contribution in [3.05, 3.63) is 65.2 Å². The number of alkyl carbamates (subject to hydrolysis) is 1. The summed E-state index contributed by atoms with van der Waals surface area (Å²) in [6, 6.07) is 10.0. The van der Waals surface area contributed by atoms with E-state index in [0.717, 1.165) is 0 Å². The van der Waals surface area contributed by atoms with Crippen molar-refractivity contribution >= 4 is 23.9 Å². The van der Waals surface area contributed by atoms with E-state index in [1.807, 2.05) is 6.92 Å². The van der Waals surface area contributed by atoms with E-state index in [9.17, 15) is 24.3 Å². The Labute approximate surface area is 241 Å². The van der Waals surface area contributed by atoms with Gasteiger partial charge in [0.25, 0.3) is 0 Å². The summed E-state index contributed by atoms with van der Waals surface area (Å²) in [7, 11) is 1.20. The first-order valence-corrected chi connectivity index (χ1v) is 13.3. The first-order valence-electron chi connectivity index (χ1n) is 13.3. The highest BCUT2D eigenvalue weighted by atomic mass is 16.6. The summed E-state index contributed by atoms with van der Waals surface area (Å²) in [5, 5.41) is 14.9. The number of amides is 3. The van der Waals surface area contributed by atoms with Crippen molar-refractivity contribution in [1.82, 2.24) is 15.5 Å². The minimum atomic E-state index is -1.24. The van der Waals surface area contributed by atoms with Crippen LogP contribution in [0.3, 0.4) is 0 Å². The SMILES string of the molecule is C#Cc1ccccc1C(C(=O)NCC(=O)OC)N(C(=O)C(Cc1ccc(O)cc1)NC(=O)OC(C)(C)C)C(C)CC. The van der Waals surface area contributed by atoms with Crippen molar-refractivity contribution in [2.75, 3.05) is 13.7 Å². The number of phenols is 1. The number of rotatable bonds is 11. The quantitative estimate of drug-likeness (QED) is 0.281. The summed E-state index contributed by atoms with van der Waals surface area (Å²) in [5.74, 6) is 0.736. The van der Waals surface area contributed by atoms with Gasteiger partial charge in [-0.2, -0.15) is 0 Å². The van der Waals surface area contributed by atoms with Crippen LogP contribution in [0.25, 0.3) is 0 Å². The Morgan fingerprint density at radius 1 is 1.07 bits per heavy atom. The minimum Gasteiger partial charge on any atom is -0.508 e. The van der Waals surface area contributed by atoms with Gasteiger partial charge in [-0.3, -0.25) is 14.4 Å². The second-order valence-corrected chi connectivity index (χ2v) is 10.5. The Balaban J connectivity index is 2.64. The largest absolute Gasteiger partial charge is 0.508 e. The number of methoxy groups -OCH3 is 1. The van der Waals surface area contributed by atoms with Gasteiger partial charge >= 0.3 is 12.1 Å². The second kappa shape index (κ2) is 14.7. The molecule has 0 aliphatic heterocycles. The molecule has 3 amide bonds. The Kier molecular flexibility index (Phi) is 11.8. The molecule has 0 aromatic heterocycles. The number of carbonyl (C=O) groups is 4. The van der Waals surface area contributed by atoms with Gasteiger partial charge in [0.2, 0.25) is 11.8 Å². The van der Waals surface area contributed by atoms with Crippen LogP contribution < -0.4 is 10.6 Å². The summed E-state index contributed by atoms with van der Waals surface area (Å²) in [6.07, 6.45) is 5.45. The third kappa shape index (κ3) is 9.57. The summed E-state index contributed by atoms with van der Waals surface area (Å²) >= 11 is 0. The smallest absolute Gasteiger partial charge is 0.408 e. The molecule has 220 valence electrons. The number of nitrogens with one attached hydrogen (secondary N) is 2. The van der Waals surface area contributed by atoms with E-state index in [4.69, 9.17) is 11.2 Å². The number of hydrogen-bond donors (Lipinski definition) is 3. The predicted octanol–water partition coefficient (Wildman–Crippen LogP) is 3.47. The molecule has 0 aliphatic rings. The molecule has 3 atom stereocenters. The molecule has 0 aliphatic carbocycles. The zero-order valence-corrected chi connectivity index (χ0v) is 24.4. The topological polar surface area (TPSA) is 134 Å². The van der Waals surface area contributed by atoms with Gasteiger partial charge in [0.15, 0.2) is 0 Å². The molecule has 10 nitrogen and oxygen atoms in total. The summed E-state index contributed by atoms with van der Waals surface area (Å²) in [4.78, 5) is 54.2. The molecule has 3 N–H and O–H groups in total. The van der Waals surface area contributed by atoms with Gasteiger partial charge in [-0.15, -0.1) is 6.42 Å². The minimum absolute atomic E-state index is 0.0403. The maximum atomic E-state index is 14.4. The second-order valence-electron chi connectivity index (χ2n) is 10.5. The van der Waals surface area contributed by atoms with Gasteiger partial charge < -0.3 is 30.1 Å². The first-order chi connectivity index (χ1) is 19.3. The number of esters is 1. The molecule has 3 unspecified atom stereocenters. The van der Waals surface area contributed by atoms with Crippen molar-refractivity contribution in [2.45, 2.75) is 71.2 Å². The van der Waals surface area contributed by atoms with Crippen LogP contribution in [0, 0.1) is 12.3 Å². The Morgan fingerprint density at radius 3 is 2.27 bits per heavy atom. The number of carbonyl (C=O) groups excluding carboxylic acids is 4. The maximum absolute atomic E-state index is 14.4. The van der Waals surface area contributed by atoms with Gasteiger partial charge in [-0.25, -0.2) is 4.79 Å². The van der Waals surface area contributed by atoms with E-state index >= 15 is 0 Å². The predicted molar refractivity (Wildman–Crippen MR) is 154 cm³/mol. The van der Waals surface area contributed by atoms with Crippen LogP contribution in [0.4, 0.5) is 4.79 Å². The molecule has 2 aromatic rings. The maximum Gasteiger partial charge on any atom is 0.408 e. The molecule has 0 spiro atoms. The molecule has 0 saturated carbocycles. The molecule has 0 heterocycles. The molecule has 0 bridgehead atoms. The van der Waals surface area contributed by atoms with Crippen molar-refractivity contribution < 1.29 is 33.8 Å². The molecule has 2 aromatic carbocycles. The van der Waals surface area contributed by atoms with Crippen LogP contribution in [0.2, 0.25) is 0 Å². The first kappa shape index (κ1) is 32.7. The van der Waals surface area contributed by atoms with Gasteiger partial charge in [-0.05, 0) is 63.4 Å². The number of benzene rings is 2. The zero-order chi connectivity index (χ0) is 30.7. The molecule has 0 saturated heterocycles. The van der Waals surface area contributed by atoms with E-state index in [1.54, 1.807) is 64.1 Å². The van der Waals surface area contributed by atoms with Crippen LogP contribution in [0.15, 0.2) is 48.5 Å². The molecule has 0 fully saturated rings. The lowest BCUT2D eigenvalue weighted by Gasteiger charge is -2.38. The lowest BCUT2D eigenvalue weighted by molar-refractivity contribution is -0.146. The zero-order valence-electron chi connectivity index (χ0n) is 24.4. The van der Waals surface area contributed by atoms with Crippen LogP contribution in [0.1, 0.15) is 63.8 Å². The third-order valence-electron chi connectivity index (χ3n) is 6.26. The lowest BCUT2D eigenvalue weighted by Crippen LogP contribution is -2.56. The molecular weight excluding hydrogens is 526 g/mol. The average molecular weight is 566 g/mol. The van der Waals surface area contributed by atoms with Crippen molar-refractivity contribution in [3.8, 4) is 18.1 Å². The van der Waals surface area contributed by atoms with E-state index in [2.05, 4.69) is 21.3 Å². The molecule has 10 heteroatoms. The van der Waals surface area contributed by atoms with Gasteiger partial charge in [0, 0.05) is 18.0 Å². The van der Waals surface area contributed by atoms with Crippen LogP contribution >= 0.6 is 0 Å².